The smallest absolute Gasteiger partial charge is 0.430 e. The summed E-state index contributed by atoms with van der Waals surface area (Å²) in [6, 6.07) is 4.53. The molecule has 2 rings (SSSR count). The van der Waals surface area contributed by atoms with Gasteiger partial charge in [-0.1, -0.05) is 6.07 Å². The van der Waals surface area contributed by atoms with Gasteiger partial charge < -0.3 is 9.47 Å². The molecule has 0 amide bonds. The number of nitro benzene ring substituents is 1. The van der Waals surface area contributed by atoms with Gasteiger partial charge in [0.25, 0.3) is 15.8 Å². The molecule has 1 fully saturated rings. The summed E-state index contributed by atoms with van der Waals surface area (Å²) in [5.41, 5.74) is -0.349. The van der Waals surface area contributed by atoms with Crippen LogP contribution >= 0.6 is 0 Å². The lowest BCUT2D eigenvalue weighted by Gasteiger charge is -2.07. The van der Waals surface area contributed by atoms with Crippen LogP contribution in [0.2, 0.25) is 0 Å². The molecule has 21 heavy (non-hydrogen) atoms. The highest BCUT2D eigenvalue weighted by atomic mass is 32.2. The third-order valence-electron chi connectivity index (χ3n) is 2.65. The molecular formula is C11H11NO8S. The Bertz CT molecular complexity index is 656. The number of hydrogen-bond donors (Lipinski definition) is 0. The number of carbonyl (C=O) groups excluding carboxylic acids is 1. The molecule has 1 atom stereocenters. The standard InChI is InChI=1S/C11H11NO8S/c13-11-18-7-9(20-11)4-5-19-21(16,17)10-3-1-2-8(6-10)12(14)15/h1-3,6,9H,4-5,7H2/t9-/m0/s1. The Hall–Kier alpha value is -2.20. The highest BCUT2D eigenvalue weighted by Gasteiger charge is 2.26. The van der Waals surface area contributed by atoms with Crippen molar-refractivity contribution >= 4 is 22.0 Å². The molecule has 1 aliphatic rings. The number of ether oxygens (including phenoxy) is 2. The van der Waals surface area contributed by atoms with Crippen LogP contribution in [0.25, 0.3) is 0 Å². The lowest BCUT2D eigenvalue weighted by Crippen LogP contribution is -2.16. The van der Waals surface area contributed by atoms with Gasteiger partial charge in [-0.15, -0.1) is 0 Å². The van der Waals surface area contributed by atoms with Crippen molar-refractivity contribution in [3.8, 4) is 0 Å². The molecule has 114 valence electrons. The maximum Gasteiger partial charge on any atom is 0.508 e. The van der Waals surface area contributed by atoms with Crippen molar-refractivity contribution in [1.82, 2.24) is 0 Å². The number of rotatable bonds is 6. The first kappa shape index (κ1) is 15.2. The molecule has 0 spiro atoms. The van der Waals surface area contributed by atoms with E-state index in [1.165, 1.54) is 18.2 Å². The second-order valence-electron chi connectivity index (χ2n) is 4.12. The summed E-state index contributed by atoms with van der Waals surface area (Å²) in [4.78, 5) is 20.3. The van der Waals surface area contributed by atoms with Crippen LogP contribution in [0, 0.1) is 10.1 Å². The number of cyclic esters (lactones) is 2. The fraction of sp³-hybridized carbons (Fsp3) is 0.364. The Morgan fingerprint density at radius 2 is 2.19 bits per heavy atom. The van der Waals surface area contributed by atoms with E-state index >= 15 is 0 Å². The summed E-state index contributed by atoms with van der Waals surface area (Å²) in [6.07, 6.45) is -1.22. The van der Waals surface area contributed by atoms with Crippen LogP contribution in [-0.2, 0) is 23.8 Å². The Morgan fingerprint density at radius 3 is 2.81 bits per heavy atom. The predicted molar refractivity (Wildman–Crippen MR) is 67.1 cm³/mol. The summed E-state index contributed by atoms with van der Waals surface area (Å²) in [6.45, 7) is -0.189. The number of nitro groups is 1. The highest BCUT2D eigenvalue weighted by molar-refractivity contribution is 7.86. The van der Waals surface area contributed by atoms with Gasteiger partial charge in [0.05, 0.1) is 11.5 Å². The monoisotopic (exact) mass is 317 g/mol. The van der Waals surface area contributed by atoms with Gasteiger partial charge in [-0.2, -0.15) is 8.42 Å². The predicted octanol–water partition coefficient (Wildman–Crippen LogP) is 1.23. The van der Waals surface area contributed by atoms with Crippen molar-refractivity contribution < 1.29 is 31.8 Å². The van der Waals surface area contributed by atoms with E-state index in [4.69, 9.17) is 8.92 Å². The van der Waals surface area contributed by atoms with Crippen molar-refractivity contribution in [2.24, 2.45) is 0 Å². The van der Waals surface area contributed by atoms with E-state index < -0.39 is 27.3 Å². The lowest BCUT2D eigenvalue weighted by atomic mass is 10.3. The molecule has 1 aromatic rings. The van der Waals surface area contributed by atoms with Gasteiger partial charge in [-0.3, -0.25) is 14.3 Å². The minimum Gasteiger partial charge on any atom is -0.430 e. The maximum absolute atomic E-state index is 11.9. The lowest BCUT2D eigenvalue weighted by molar-refractivity contribution is -0.385. The average Bonchev–Trinajstić information content (AvgIpc) is 2.84. The topological polar surface area (TPSA) is 122 Å². The molecule has 1 aromatic carbocycles. The van der Waals surface area contributed by atoms with Gasteiger partial charge in [0.15, 0.2) is 0 Å². The molecule has 0 N–H and O–H groups in total. The van der Waals surface area contributed by atoms with Gasteiger partial charge in [0.2, 0.25) is 0 Å². The number of benzene rings is 1. The second-order valence-corrected chi connectivity index (χ2v) is 5.74. The average molecular weight is 317 g/mol. The van der Waals surface area contributed by atoms with Crippen LogP contribution in [-0.4, -0.2) is 38.8 Å². The molecule has 0 radical (unpaired) electrons. The van der Waals surface area contributed by atoms with Crippen molar-refractivity contribution in [3.05, 3.63) is 34.4 Å². The summed E-state index contributed by atoms with van der Waals surface area (Å²) in [5, 5.41) is 10.6. The van der Waals surface area contributed by atoms with Crippen LogP contribution in [0.5, 0.6) is 0 Å². The molecule has 1 saturated heterocycles. The van der Waals surface area contributed by atoms with E-state index in [0.29, 0.717) is 0 Å². The van der Waals surface area contributed by atoms with E-state index in [9.17, 15) is 23.3 Å². The second kappa shape index (κ2) is 6.06. The molecule has 9 nitrogen and oxygen atoms in total. The van der Waals surface area contributed by atoms with Gasteiger partial charge in [0.1, 0.15) is 17.6 Å². The molecule has 0 bridgehead atoms. The van der Waals surface area contributed by atoms with Crippen molar-refractivity contribution in [3.63, 3.8) is 0 Å². The molecule has 1 heterocycles. The zero-order chi connectivity index (χ0) is 15.5. The molecule has 0 aliphatic carbocycles. The molecule has 0 unspecified atom stereocenters. The van der Waals surface area contributed by atoms with Crippen LogP contribution in [0.4, 0.5) is 10.5 Å². The first-order chi connectivity index (χ1) is 9.88. The van der Waals surface area contributed by atoms with E-state index in [0.717, 1.165) is 6.07 Å². The number of nitrogens with zero attached hydrogens (tertiary/aromatic N) is 1. The largest absolute Gasteiger partial charge is 0.508 e. The number of non-ortho nitro benzene ring substituents is 1. The first-order valence-electron chi connectivity index (χ1n) is 5.86. The summed E-state index contributed by atoms with van der Waals surface area (Å²) >= 11 is 0. The third-order valence-corrected chi connectivity index (χ3v) is 3.95. The van der Waals surface area contributed by atoms with Crippen LogP contribution in [0.1, 0.15) is 6.42 Å². The van der Waals surface area contributed by atoms with Gasteiger partial charge in [-0.05, 0) is 6.07 Å². The molecule has 0 aromatic heterocycles. The summed E-state index contributed by atoms with van der Waals surface area (Å²) in [7, 11) is -4.11. The van der Waals surface area contributed by atoms with E-state index in [2.05, 4.69) is 4.74 Å². The number of carbonyl (C=O) groups is 1. The fourth-order valence-corrected chi connectivity index (χ4v) is 2.58. The van der Waals surface area contributed by atoms with Gasteiger partial charge >= 0.3 is 6.16 Å². The minimum absolute atomic E-state index is 0.0407. The highest BCUT2D eigenvalue weighted by Crippen LogP contribution is 2.19. The number of hydrogen-bond acceptors (Lipinski definition) is 8. The Balaban J connectivity index is 1.96. The van der Waals surface area contributed by atoms with Crippen LogP contribution in [0.15, 0.2) is 29.2 Å². The van der Waals surface area contributed by atoms with E-state index in [-0.39, 0.29) is 30.2 Å². The molecular weight excluding hydrogens is 306 g/mol. The molecule has 10 heteroatoms. The zero-order valence-electron chi connectivity index (χ0n) is 10.6. The SMILES string of the molecule is O=C1OC[C@H](CCOS(=O)(=O)c2cccc([N+](=O)[O-])c2)O1. The molecule has 0 saturated carbocycles. The normalized spacial score (nSPS) is 18.1. The van der Waals surface area contributed by atoms with Crippen molar-refractivity contribution in [2.75, 3.05) is 13.2 Å². The third kappa shape index (κ3) is 3.89. The Morgan fingerprint density at radius 1 is 1.43 bits per heavy atom. The Labute approximate surface area is 119 Å². The Kier molecular flexibility index (Phi) is 4.38. The van der Waals surface area contributed by atoms with E-state index in [1.54, 1.807) is 0 Å². The van der Waals surface area contributed by atoms with Crippen molar-refractivity contribution in [2.45, 2.75) is 17.4 Å². The minimum atomic E-state index is -4.11. The quantitative estimate of drug-likeness (QED) is 0.332. The van der Waals surface area contributed by atoms with Crippen LogP contribution in [0.3, 0.4) is 0 Å². The van der Waals surface area contributed by atoms with E-state index in [1.807, 2.05) is 0 Å². The summed E-state index contributed by atoms with van der Waals surface area (Å²) < 4.78 is 37.7. The van der Waals surface area contributed by atoms with Crippen molar-refractivity contribution in [1.29, 1.82) is 0 Å². The van der Waals surface area contributed by atoms with Gasteiger partial charge in [0, 0.05) is 18.6 Å². The first-order valence-corrected chi connectivity index (χ1v) is 7.26. The fourth-order valence-electron chi connectivity index (χ4n) is 1.62. The van der Waals surface area contributed by atoms with Gasteiger partial charge in [-0.25, -0.2) is 4.79 Å². The molecule has 1 aliphatic heterocycles. The summed E-state index contributed by atoms with van der Waals surface area (Å²) in [5.74, 6) is 0. The zero-order valence-corrected chi connectivity index (χ0v) is 11.4. The van der Waals surface area contributed by atoms with Crippen LogP contribution < -0.4 is 0 Å². The maximum atomic E-state index is 11.9.